The van der Waals surface area contributed by atoms with Gasteiger partial charge in [0.2, 0.25) is 0 Å². The molecule has 0 aromatic heterocycles. The quantitative estimate of drug-likeness (QED) is 0.358. The predicted octanol–water partition coefficient (Wildman–Crippen LogP) is 4.82. The molecule has 0 radical (unpaired) electrons. The lowest BCUT2D eigenvalue weighted by Crippen LogP contribution is -2.30. The first-order valence-corrected chi connectivity index (χ1v) is 9.32. The van der Waals surface area contributed by atoms with Crippen molar-refractivity contribution in [2.24, 2.45) is 5.92 Å². The van der Waals surface area contributed by atoms with Crippen LogP contribution >= 0.6 is 0 Å². The number of nitro benzene ring substituents is 1. The fourth-order valence-corrected chi connectivity index (χ4v) is 4.50. The van der Waals surface area contributed by atoms with Crippen LogP contribution in [-0.2, 0) is 4.74 Å². The highest BCUT2D eigenvalue weighted by Crippen LogP contribution is 2.53. The van der Waals surface area contributed by atoms with Gasteiger partial charge in [0.05, 0.1) is 23.6 Å². The second-order valence-corrected chi connectivity index (χ2v) is 7.47. The van der Waals surface area contributed by atoms with Crippen LogP contribution in [0.15, 0.2) is 42.5 Å². The van der Waals surface area contributed by atoms with Gasteiger partial charge in [0.15, 0.2) is 0 Å². The molecule has 0 unspecified atom stereocenters. The van der Waals surface area contributed by atoms with Gasteiger partial charge in [-0.15, -0.1) is 0 Å². The summed E-state index contributed by atoms with van der Waals surface area (Å²) >= 11 is 0. The second kappa shape index (κ2) is 6.78. The number of ether oxygens (including phenoxy) is 1. The zero-order valence-electron chi connectivity index (χ0n) is 16.1. The molecule has 1 aliphatic heterocycles. The summed E-state index contributed by atoms with van der Waals surface area (Å²) in [5.41, 5.74) is 5.30. The number of benzene rings is 2. The third-order valence-corrected chi connectivity index (χ3v) is 6.04. The van der Waals surface area contributed by atoms with Crippen LogP contribution in [0.2, 0.25) is 0 Å². The van der Waals surface area contributed by atoms with Crippen molar-refractivity contribution < 1.29 is 14.5 Å². The van der Waals surface area contributed by atoms with Gasteiger partial charge in [0, 0.05) is 12.0 Å². The number of methoxy groups -OCH3 is 1. The van der Waals surface area contributed by atoms with E-state index in [1.54, 1.807) is 18.2 Å². The van der Waals surface area contributed by atoms with Crippen molar-refractivity contribution in [1.29, 1.82) is 0 Å². The van der Waals surface area contributed by atoms with Gasteiger partial charge in [-0.1, -0.05) is 24.3 Å². The van der Waals surface area contributed by atoms with E-state index in [9.17, 15) is 14.9 Å². The first-order valence-electron chi connectivity index (χ1n) is 9.32. The molecule has 0 amide bonds. The summed E-state index contributed by atoms with van der Waals surface area (Å²) in [6, 6.07) is 8.86. The fraction of sp³-hybridized carbons (Fsp3) is 0.318. The van der Waals surface area contributed by atoms with E-state index in [2.05, 4.69) is 17.5 Å². The number of aryl methyl sites for hydroxylation is 1. The molecule has 2 aliphatic rings. The minimum atomic E-state index is -0.379. The number of carbonyl (C=O) groups excluding carboxylic acids is 1. The molecular weight excluding hydrogens is 356 g/mol. The Morgan fingerprint density at radius 2 is 1.96 bits per heavy atom. The third kappa shape index (κ3) is 2.76. The maximum Gasteiger partial charge on any atom is 0.337 e. The van der Waals surface area contributed by atoms with Gasteiger partial charge in [-0.3, -0.25) is 10.1 Å². The number of hydrogen-bond acceptors (Lipinski definition) is 5. The molecule has 3 atom stereocenters. The van der Waals surface area contributed by atoms with Crippen LogP contribution in [0.4, 0.5) is 11.4 Å². The van der Waals surface area contributed by atoms with Crippen LogP contribution in [0.1, 0.15) is 51.0 Å². The van der Waals surface area contributed by atoms with Crippen molar-refractivity contribution >= 4 is 17.3 Å². The van der Waals surface area contributed by atoms with E-state index in [0.717, 1.165) is 28.7 Å². The normalized spacial score (nSPS) is 22.2. The Labute approximate surface area is 163 Å². The summed E-state index contributed by atoms with van der Waals surface area (Å²) in [5, 5.41) is 15.2. The Bertz CT molecular complexity index is 995. The van der Waals surface area contributed by atoms with Crippen molar-refractivity contribution in [3.63, 3.8) is 0 Å². The predicted molar refractivity (Wildman–Crippen MR) is 107 cm³/mol. The molecule has 6 heteroatoms. The summed E-state index contributed by atoms with van der Waals surface area (Å²) in [4.78, 5) is 23.1. The molecule has 6 nitrogen and oxygen atoms in total. The SMILES string of the molecule is COC(=O)c1ccc([C@@H]2Nc3c([N+](=O)[O-])cc(C)c(C)c3[C@@H]3C=CC[C@@H]32)cc1. The van der Waals surface area contributed by atoms with Crippen LogP contribution in [0.3, 0.4) is 0 Å². The van der Waals surface area contributed by atoms with Crippen molar-refractivity contribution in [2.45, 2.75) is 32.2 Å². The molecule has 0 saturated carbocycles. The largest absolute Gasteiger partial charge is 0.465 e. The average molecular weight is 378 g/mol. The maximum absolute atomic E-state index is 11.7. The Hall–Kier alpha value is -3.15. The average Bonchev–Trinajstić information content (AvgIpc) is 3.18. The smallest absolute Gasteiger partial charge is 0.337 e. The first-order chi connectivity index (χ1) is 13.4. The van der Waals surface area contributed by atoms with Gasteiger partial charge < -0.3 is 10.1 Å². The number of carbonyl (C=O) groups is 1. The minimum absolute atomic E-state index is 0.0694. The van der Waals surface area contributed by atoms with Gasteiger partial charge in [0.1, 0.15) is 5.69 Å². The number of allylic oxidation sites excluding steroid dienone is 2. The van der Waals surface area contributed by atoms with E-state index in [4.69, 9.17) is 4.74 Å². The number of nitrogens with zero attached hydrogens (tertiary/aromatic N) is 1. The summed E-state index contributed by atoms with van der Waals surface area (Å²) in [5.74, 6) is 0.0346. The summed E-state index contributed by atoms with van der Waals surface area (Å²) in [6.45, 7) is 3.96. The monoisotopic (exact) mass is 378 g/mol. The highest BCUT2D eigenvalue weighted by molar-refractivity contribution is 5.89. The zero-order valence-corrected chi connectivity index (χ0v) is 16.1. The number of anilines is 1. The van der Waals surface area contributed by atoms with Gasteiger partial charge in [0.25, 0.3) is 5.69 Å². The standard InChI is InChI=1S/C22H22N2O4/c1-12-11-18(24(26)27)21-19(13(12)2)16-5-4-6-17(16)20(23-21)14-7-9-15(10-8-14)22(25)28-3/h4-5,7-11,16-17,20,23H,6H2,1-3H3/t16-,17+,20+/m1/s1. The van der Waals surface area contributed by atoms with E-state index in [1.807, 2.05) is 26.0 Å². The lowest BCUT2D eigenvalue weighted by Gasteiger charge is -2.38. The number of fused-ring (bicyclic) bond motifs is 3. The van der Waals surface area contributed by atoms with E-state index in [1.165, 1.54) is 7.11 Å². The molecule has 1 aliphatic carbocycles. The van der Waals surface area contributed by atoms with Crippen molar-refractivity contribution in [3.05, 3.63) is 80.4 Å². The van der Waals surface area contributed by atoms with E-state index in [-0.39, 0.29) is 34.5 Å². The molecule has 2 aromatic rings. The molecule has 1 N–H and O–H groups in total. The number of hydrogen-bond donors (Lipinski definition) is 1. The van der Waals surface area contributed by atoms with Crippen molar-refractivity contribution in [1.82, 2.24) is 0 Å². The lowest BCUT2D eigenvalue weighted by atomic mass is 9.74. The topological polar surface area (TPSA) is 81.5 Å². The minimum Gasteiger partial charge on any atom is -0.465 e. The maximum atomic E-state index is 11.7. The Morgan fingerprint density at radius 3 is 2.61 bits per heavy atom. The molecule has 1 heterocycles. The van der Waals surface area contributed by atoms with Crippen LogP contribution in [0, 0.1) is 29.9 Å². The molecule has 0 saturated heterocycles. The number of nitro groups is 1. The van der Waals surface area contributed by atoms with E-state index >= 15 is 0 Å². The molecule has 2 aromatic carbocycles. The van der Waals surface area contributed by atoms with Gasteiger partial charge in [-0.2, -0.15) is 0 Å². The fourth-order valence-electron chi connectivity index (χ4n) is 4.50. The number of nitrogens with one attached hydrogen (secondary N) is 1. The summed E-state index contributed by atoms with van der Waals surface area (Å²) in [7, 11) is 1.36. The van der Waals surface area contributed by atoms with Crippen LogP contribution in [-0.4, -0.2) is 18.0 Å². The molecule has 28 heavy (non-hydrogen) atoms. The highest BCUT2D eigenvalue weighted by Gasteiger charge is 2.41. The van der Waals surface area contributed by atoms with E-state index in [0.29, 0.717) is 11.3 Å². The third-order valence-electron chi connectivity index (χ3n) is 6.04. The van der Waals surface area contributed by atoms with Crippen molar-refractivity contribution in [3.8, 4) is 0 Å². The zero-order chi connectivity index (χ0) is 20.0. The molecule has 0 fully saturated rings. The molecule has 144 valence electrons. The van der Waals surface area contributed by atoms with Gasteiger partial charge >= 0.3 is 5.97 Å². The van der Waals surface area contributed by atoms with Crippen molar-refractivity contribution in [2.75, 3.05) is 12.4 Å². The van der Waals surface area contributed by atoms with Crippen LogP contribution in [0.5, 0.6) is 0 Å². The summed E-state index contributed by atoms with van der Waals surface area (Å²) in [6.07, 6.45) is 5.24. The molecule has 4 rings (SSSR count). The Kier molecular flexibility index (Phi) is 4.41. The molecule has 0 spiro atoms. The lowest BCUT2D eigenvalue weighted by molar-refractivity contribution is -0.384. The van der Waals surface area contributed by atoms with Crippen LogP contribution < -0.4 is 5.32 Å². The highest BCUT2D eigenvalue weighted by atomic mass is 16.6. The molecular formula is C22H22N2O4. The van der Waals surface area contributed by atoms with Crippen LogP contribution in [0.25, 0.3) is 0 Å². The first kappa shape index (κ1) is 18.2. The van der Waals surface area contributed by atoms with Gasteiger partial charge in [-0.25, -0.2) is 4.79 Å². The Balaban J connectivity index is 1.81. The van der Waals surface area contributed by atoms with Gasteiger partial charge in [-0.05, 0) is 60.6 Å². The van der Waals surface area contributed by atoms with E-state index < -0.39 is 0 Å². The second-order valence-electron chi connectivity index (χ2n) is 7.47. The number of esters is 1. The number of rotatable bonds is 3. The molecule has 0 bridgehead atoms. The summed E-state index contributed by atoms with van der Waals surface area (Å²) < 4.78 is 4.76. The Morgan fingerprint density at radius 1 is 1.25 bits per heavy atom.